The molecule has 1 spiro atoms. The Morgan fingerprint density at radius 1 is 1.40 bits per heavy atom. The summed E-state index contributed by atoms with van der Waals surface area (Å²) >= 11 is 0. The molecule has 30 heavy (non-hydrogen) atoms. The second kappa shape index (κ2) is 8.21. The molecule has 164 valence electrons. The third-order valence-corrected chi connectivity index (χ3v) is 5.82. The molecule has 0 radical (unpaired) electrons. The number of hydrogen-bond donors (Lipinski definition) is 2. The van der Waals surface area contributed by atoms with Gasteiger partial charge >= 0.3 is 6.18 Å². The van der Waals surface area contributed by atoms with Gasteiger partial charge in [-0.3, -0.25) is 19.3 Å². The molecule has 0 unspecified atom stereocenters. The SMILES string of the molecule is CN[C@@H](CC(F)(F)F)C(=O)N(C=O)[C@H]1CC2(C[C@H](Oc3ncccc3C(N)=O)C2)C1. The first-order valence-corrected chi connectivity index (χ1v) is 9.50. The number of pyridine rings is 1. The first-order chi connectivity index (χ1) is 14.1. The highest BCUT2D eigenvalue weighted by Crippen LogP contribution is 2.58. The van der Waals surface area contributed by atoms with Crippen LogP contribution in [0.3, 0.4) is 0 Å². The zero-order valence-electron chi connectivity index (χ0n) is 16.3. The molecule has 2 aliphatic carbocycles. The zero-order valence-corrected chi connectivity index (χ0v) is 16.3. The lowest BCUT2D eigenvalue weighted by Gasteiger charge is -2.58. The summed E-state index contributed by atoms with van der Waals surface area (Å²) in [6.07, 6.45) is -1.97. The maximum absolute atomic E-state index is 12.7. The van der Waals surface area contributed by atoms with Gasteiger partial charge in [-0.15, -0.1) is 0 Å². The number of nitrogens with zero attached hydrogens (tertiary/aromatic N) is 2. The maximum Gasteiger partial charge on any atom is 0.391 e. The van der Waals surface area contributed by atoms with Crippen molar-refractivity contribution in [2.45, 2.75) is 56.5 Å². The number of carbonyl (C=O) groups is 3. The van der Waals surface area contributed by atoms with Crippen LogP contribution < -0.4 is 15.8 Å². The van der Waals surface area contributed by atoms with E-state index >= 15 is 0 Å². The molecule has 0 aromatic carbocycles. The van der Waals surface area contributed by atoms with Crippen LogP contribution in [-0.4, -0.2) is 59.5 Å². The van der Waals surface area contributed by atoms with E-state index < -0.39 is 36.5 Å². The Bertz CT molecular complexity index is 818. The summed E-state index contributed by atoms with van der Waals surface area (Å²) in [5.41, 5.74) is 5.36. The third kappa shape index (κ3) is 4.55. The topological polar surface area (TPSA) is 115 Å². The van der Waals surface area contributed by atoms with Gasteiger partial charge in [0.2, 0.25) is 18.2 Å². The third-order valence-electron chi connectivity index (χ3n) is 5.82. The molecule has 3 amide bonds. The number of likely N-dealkylation sites (N-methyl/N-ethyl adjacent to an activating group) is 1. The Kier molecular flexibility index (Phi) is 6.02. The molecule has 1 aromatic heterocycles. The summed E-state index contributed by atoms with van der Waals surface area (Å²) in [5.74, 6) is -1.36. The minimum Gasteiger partial charge on any atom is -0.474 e. The van der Waals surface area contributed by atoms with Crippen LogP contribution in [0.4, 0.5) is 13.2 Å². The molecule has 0 saturated heterocycles. The lowest BCUT2D eigenvalue weighted by Crippen LogP contribution is -2.61. The van der Waals surface area contributed by atoms with E-state index in [2.05, 4.69) is 10.3 Å². The second-order valence-corrected chi connectivity index (χ2v) is 7.94. The molecule has 2 aliphatic rings. The first-order valence-electron chi connectivity index (χ1n) is 9.50. The lowest BCUT2D eigenvalue weighted by molar-refractivity contribution is -0.166. The number of aromatic nitrogens is 1. The van der Waals surface area contributed by atoms with E-state index in [0.717, 1.165) is 4.90 Å². The van der Waals surface area contributed by atoms with E-state index in [4.69, 9.17) is 10.5 Å². The van der Waals surface area contributed by atoms with Crippen molar-refractivity contribution in [2.24, 2.45) is 11.1 Å². The standard InChI is InChI=1S/C19H23F3N4O4/c1-24-14(9-19(20,21)22)17(29)26(10-27)11-5-18(6-11)7-12(8-18)30-16-13(15(23)28)3-2-4-25-16/h2-4,10-12,14,24H,5-9H2,1H3,(H2,23,28)/t11-,12-,14-,18?/m0/s1. The number of primary amides is 1. The number of nitrogens with one attached hydrogen (secondary N) is 1. The number of ether oxygens (including phenoxy) is 1. The normalized spacial score (nSPS) is 26.3. The van der Waals surface area contributed by atoms with Gasteiger partial charge in [0.25, 0.3) is 5.91 Å². The second-order valence-electron chi connectivity index (χ2n) is 7.94. The summed E-state index contributed by atoms with van der Waals surface area (Å²) in [5, 5.41) is 2.34. The molecule has 3 rings (SSSR count). The molecular formula is C19H23F3N4O4. The fraction of sp³-hybridized carbons (Fsp3) is 0.579. The fourth-order valence-corrected chi connectivity index (χ4v) is 4.33. The molecule has 2 saturated carbocycles. The van der Waals surface area contributed by atoms with Gasteiger partial charge in [-0.2, -0.15) is 13.2 Å². The van der Waals surface area contributed by atoms with Crippen LogP contribution in [-0.2, 0) is 9.59 Å². The highest BCUT2D eigenvalue weighted by molar-refractivity contribution is 5.95. The molecule has 1 aromatic rings. The minimum absolute atomic E-state index is 0.127. The number of amides is 3. The molecule has 8 nitrogen and oxygen atoms in total. The van der Waals surface area contributed by atoms with Crippen molar-refractivity contribution in [1.82, 2.24) is 15.2 Å². The molecule has 1 heterocycles. The number of imide groups is 1. The zero-order chi connectivity index (χ0) is 22.1. The molecule has 0 bridgehead atoms. The van der Waals surface area contributed by atoms with Gasteiger partial charge in [0.05, 0.1) is 12.5 Å². The summed E-state index contributed by atoms with van der Waals surface area (Å²) < 4.78 is 43.7. The Morgan fingerprint density at radius 2 is 2.07 bits per heavy atom. The van der Waals surface area contributed by atoms with Crippen molar-refractivity contribution in [3.05, 3.63) is 23.9 Å². The number of hydrogen-bond acceptors (Lipinski definition) is 6. The van der Waals surface area contributed by atoms with Crippen molar-refractivity contribution in [3.8, 4) is 5.88 Å². The van der Waals surface area contributed by atoms with E-state index in [0.29, 0.717) is 32.1 Å². The largest absolute Gasteiger partial charge is 0.474 e. The average molecular weight is 428 g/mol. The van der Waals surface area contributed by atoms with Gasteiger partial charge in [0.1, 0.15) is 11.7 Å². The summed E-state index contributed by atoms with van der Waals surface area (Å²) in [7, 11) is 1.26. The van der Waals surface area contributed by atoms with Gasteiger partial charge in [0, 0.05) is 12.2 Å². The highest BCUT2D eigenvalue weighted by Gasteiger charge is 2.56. The minimum atomic E-state index is -4.52. The van der Waals surface area contributed by atoms with E-state index in [-0.39, 0.29) is 23.0 Å². The molecule has 1 atom stereocenters. The van der Waals surface area contributed by atoms with E-state index in [1.54, 1.807) is 6.07 Å². The number of carbonyl (C=O) groups excluding carboxylic acids is 3. The van der Waals surface area contributed by atoms with Gasteiger partial charge in [-0.25, -0.2) is 4.98 Å². The van der Waals surface area contributed by atoms with E-state index in [1.165, 1.54) is 19.3 Å². The number of nitrogens with two attached hydrogens (primary N) is 1. The Balaban J connectivity index is 1.54. The Morgan fingerprint density at radius 3 is 2.60 bits per heavy atom. The van der Waals surface area contributed by atoms with Crippen molar-refractivity contribution in [2.75, 3.05) is 7.05 Å². The molecule has 11 heteroatoms. The number of alkyl halides is 3. The van der Waals surface area contributed by atoms with Crippen LogP contribution in [0.1, 0.15) is 42.5 Å². The number of halogens is 3. The van der Waals surface area contributed by atoms with Crippen LogP contribution in [0, 0.1) is 5.41 Å². The summed E-state index contributed by atoms with van der Waals surface area (Å²) in [6.45, 7) is 0. The summed E-state index contributed by atoms with van der Waals surface area (Å²) in [6, 6.07) is 1.16. The smallest absolute Gasteiger partial charge is 0.391 e. The predicted molar refractivity (Wildman–Crippen MR) is 98.3 cm³/mol. The monoisotopic (exact) mass is 428 g/mol. The fourth-order valence-electron chi connectivity index (χ4n) is 4.33. The number of rotatable bonds is 8. The van der Waals surface area contributed by atoms with Gasteiger partial charge in [-0.1, -0.05) is 0 Å². The van der Waals surface area contributed by atoms with Gasteiger partial charge < -0.3 is 15.8 Å². The maximum atomic E-state index is 12.7. The lowest BCUT2D eigenvalue weighted by atomic mass is 9.52. The van der Waals surface area contributed by atoms with Gasteiger partial charge in [0.15, 0.2) is 0 Å². The molecule has 3 N–H and O–H groups in total. The van der Waals surface area contributed by atoms with Crippen molar-refractivity contribution >= 4 is 18.2 Å². The summed E-state index contributed by atoms with van der Waals surface area (Å²) in [4.78, 5) is 40.2. The van der Waals surface area contributed by atoms with Crippen LogP contribution in [0.25, 0.3) is 0 Å². The highest BCUT2D eigenvalue weighted by atomic mass is 19.4. The van der Waals surface area contributed by atoms with Crippen molar-refractivity contribution in [1.29, 1.82) is 0 Å². The average Bonchev–Trinajstić information content (AvgIpc) is 2.61. The quantitative estimate of drug-likeness (QED) is 0.605. The Labute approximate surface area is 170 Å². The first kappa shape index (κ1) is 22.0. The van der Waals surface area contributed by atoms with Crippen LogP contribution in [0.15, 0.2) is 18.3 Å². The molecule has 0 aliphatic heterocycles. The Hall–Kier alpha value is -2.69. The van der Waals surface area contributed by atoms with Gasteiger partial charge in [-0.05, 0) is 50.3 Å². The van der Waals surface area contributed by atoms with Crippen molar-refractivity contribution < 1.29 is 32.3 Å². The van der Waals surface area contributed by atoms with Crippen molar-refractivity contribution in [3.63, 3.8) is 0 Å². The predicted octanol–water partition coefficient (Wildman–Crippen LogP) is 1.40. The molecule has 2 fully saturated rings. The van der Waals surface area contributed by atoms with Crippen LogP contribution >= 0.6 is 0 Å². The van der Waals surface area contributed by atoms with Crippen LogP contribution in [0.5, 0.6) is 5.88 Å². The molecular weight excluding hydrogens is 405 g/mol. The van der Waals surface area contributed by atoms with E-state index in [1.807, 2.05) is 0 Å². The van der Waals surface area contributed by atoms with Crippen LogP contribution in [0.2, 0.25) is 0 Å². The van der Waals surface area contributed by atoms with E-state index in [9.17, 15) is 27.6 Å².